The summed E-state index contributed by atoms with van der Waals surface area (Å²) in [6.07, 6.45) is 5.35. The fourth-order valence-electron chi connectivity index (χ4n) is 3.28. The van der Waals surface area contributed by atoms with Gasteiger partial charge in [0.05, 0.1) is 28.6 Å². The number of carbonyl (C=O) groups excluding carboxylic acids is 1. The van der Waals surface area contributed by atoms with Gasteiger partial charge in [0.1, 0.15) is 18.2 Å². The summed E-state index contributed by atoms with van der Waals surface area (Å²) in [6, 6.07) is 5.75. The van der Waals surface area contributed by atoms with Crippen LogP contribution in [0.5, 0.6) is 5.75 Å². The summed E-state index contributed by atoms with van der Waals surface area (Å²) in [5.41, 5.74) is 1.57. The zero-order valence-corrected chi connectivity index (χ0v) is 18.1. The molecule has 0 aliphatic carbocycles. The number of hydrogen-bond acceptors (Lipinski definition) is 6. The molecule has 31 heavy (non-hydrogen) atoms. The number of rotatable bonds is 9. The molecule has 0 bridgehead atoms. The van der Waals surface area contributed by atoms with Crippen molar-refractivity contribution in [1.29, 1.82) is 0 Å². The van der Waals surface area contributed by atoms with Crippen molar-refractivity contribution in [1.82, 2.24) is 15.6 Å². The molecule has 2 heterocycles. The van der Waals surface area contributed by atoms with E-state index in [0.717, 1.165) is 32.6 Å². The van der Waals surface area contributed by atoms with Gasteiger partial charge in [-0.25, -0.2) is 4.39 Å². The maximum absolute atomic E-state index is 13.3. The van der Waals surface area contributed by atoms with Gasteiger partial charge in [0.25, 0.3) is 5.91 Å². The second-order valence-electron chi connectivity index (χ2n) is 7.15. The molecule has 1 aromatic carbocycles. The van der Waals surface area contributed by atoms with Gasteiger partial charge in [0, 0.05) is 45.2 Å². The standard InChI is InChI=1S/C22H26ClFN4O3/c1-25-22(29)17-6-7-27-20(13-26-12-15-3-2-9-30-14-15)21(17)28-8-10-31-16-4-5-19(24)18(23)11-16/h4-8,11,15,26H,2-3,9-10,12-14H2,1H3,(H,25,29)/b28-8+. The van der Waals surface area contributed by atoms with Crippen LogP contribution in [0.25, 0.3) is 0 Å². The number of benzene rings is 1. The van der Waals surface area contributed by atoms with E-state index in [1.807, 2.05) is 0 Å². The minimum Gasteiger partial charge on any atom is -0.488 e. The SMILES string of the molecule is CNC(=O)c1ccnc(CNCC2CCCOC2)c1/N=C/COc1ccc(F)c(Cl)c1. The molecule has 1 saturated heterocycles. The number of hydrogen-bond donors (Lipinski definition) is 2. The van der Waals surface area contributed by atoms with Crippen molar-refractivity contribution >= 4 is 29.4 Å². The first-order chi connectivity index (χ1) is 15.1. The molecule has 2 N–H and O–H groups in total. The van der Waals surface area contributed by atoms with Crippen LogP contribution in [0.15, 0.2) is 35.5 Å². The zero-order chi connectivity index (χ0) is 22.1. The van der Waals surface area contributed by atoms with Crippen molar-refractivity contribution in [3.63, 3.8) is 0 Å². The molecule has 7 nitrogen and oxygen atoms in total. The highest BCUT2D eigenvalue weighted by Gasteiger charge is 2.16. The number of carbonyl (C=O) groups is 1. The Hall–Kier alpha value is -2.55. The maximum atomic E-state index is 13.3. The van der Waals surface area contributed by atoms with Crippen molar-refractivity contribution in [2.24, 2.45) is 10.9 Å². The predicted octanol–water partition coefficient (Wildman–Crippen LogP) is 3.53. The molecule has 1 aliphatic heterocycles. The summed E-state index contributed by atoms with van der Waals surface area (Å²) in [6.45, 7) is 2.99. The van der Waals surface area contributed by atoms with Crippen molar-refractivity contribution in [3.8, 4) is 5.75 Å². The fraction of sp³-hybridized carbons (Fsp3) is 0.409. The van der Waals surface area contributed by atoms with E-state index in [4.69, 9.17) is 21.1 Å². The highest BCUT2D eigenvalue weighted by Crippen LogP contribution is 2.24. The van der Waals surface area contributed by atoms with Gasteiger partial charge in [-0.1, -0.05) is 11.6 Å². The minimum absolute atomic E-state index is 0.0136. The van der Waals surface area contributed by atoms with Crippen LogP contribution in [0.1, 0.15) is 28.9 Å². The number of aliphatic imine (C=N–C) groups is 1. The number of ether oxygens (including phenoxy) is 2. The van der Waals surface area contributed by atoms with Crippen LogP contribution in [-0.2, 0) is 11.3 Å². The van der Waals surface area contributed by atoms with Crippen LogP contribution < -0.4 is 15.4 Å². The summed E-state index contributed by atoms with van der Waals surface area (Å²) in [4.78, 5) is 21.2. The van der Waals surface area contributed by atoms with Crippen LogP contribution in [0.2, 0.25) is 5.02 Å². The molecule has 1 aromatic heterocycles. The average molecular weight is 449 g/mol. The molecule has 1 atom stereocenters. The van der Waals surface area contributed by atoms with Crippen molar-refractivity contribution in [2.45, 2.75) is 19.4 Å². The third-order valence-electron chi connectivity index (χ3n) is 4.89. The molecule has 0 radical (unpaired) electrons. The van der Waals surface area contributed by atoms with E-state index >= 15 is 0 Å². The Morgan fingerprint density at radius 2 is 2.32 bits per heavy atom. The summed E-state index contributed by atoms with van der Waals surface area (Å²) < 4.78 is 24.3. The Labute approximate surface area is 186 Å². The van der Waals surface area contributed by atoms with Gasteiger partial charge in [0.15, 0.2) is 0 Å². The molecule has 1 fully saturated rings. The molecular formula is C22H26ClFN4O3. The Morgan fingerprint density at radius 1 is 1.45 bits per heavy atom. The molecule has 1 unspecified atom stereocenters. The van der Waals surface area contributed by atoms with Gasteiger partial charge >= 0.3 is 0 Å². The monoisotopic (exact) mass is 448 g/mol. The zero-order valence-electron chi connectivity index (χ0n) is 17.4. The van der Waals surface area contributed by atoms with Gasteiger partial charge in [-0.15, -0.1) is 0 Å². The van der Waals surface area contributed by atoms with Crippen LogP contribution >= 0.6 is 11.6 Å². The van der Waals surface area contributed by atoms with E-state index < -0.39 is 5.82 Å². The highest BCUT2D eigenvalue weighted by molar-refractivity contribution is 6.30. The van der Waals surface area contributed by atoms with Gasteiger partial charge < -0.3 is 20.1 Å². The molecule has 0 saturated carbocycles. The summed E-state index contributed by atoms with van der Waals surface area (Å²) in [5.74, 6) is 0.138. The smallest absolute Gasteiger partial charge is 0.253 e. The van der Waals surface area contributed by atoms with E-state index in [1.165, 1.54) is 18.2 Å². The number of pyridine rings is 1. The fourth-order valence-corrected chi connectivity index (χ4v) is 3.45. The second kappa shape index (κ2) is 11.7. The highest BCUT2D eigenvalue weighted by atomic mass is 35.5. The summed E-state index contributed by atoms with van der Waals surface area (Å²) in [7, 11) is 1.57. The van der Waals surface area contributed by atoms with Crippen LogP contribution in [0.3, 0.4) is 0 Å². The molecule has 9 heteroatoms. The lowest BCUT2D eigenvalue weighted by Crippen LogP contribution is -2.29. The lowest BCUT2D eigenvalue weighted by molar-refractivity contribution is 0.0547. The Bertz CT molecular complexity index is 920. The van der Waals surface area contributed by atoms with Crippen molar-refractivity contribution in [2.75, 3.05) is 33.4 Å². The lowest BCUT2D eigenvalue weighted by Gasteiger charge is -2.22. The number of aromatic nitrogens is 1. The molecule has 0 spiro atoms. The van der Waals surface area contributed by atoms with E-state index in [-0.39, 0.29) is 17.5 Å². The van der Waals surface area contributed by atoms with E-state index in [9.17, 15) is 9.18 Å². The quantitative estimate of drug-likeness (QED) is 0.573. The average Bonchev–Trinajstić information content (AvgIpc) is 2.79. The number of halogens is 2. The predicted molar refractivity (Wildman–Crippen MR) is 118 cm³/mol. The Balaban J connectivity index is 1.67. The lowest BCUT2D eigenvalue weighted by atomic mass is 10.0. The third-order valence-corrected chi connectivity index (χ3v) is 5.18. The molecule has 1 amide bonds. The van der Waals surface area contributed by atoms with Gasteiger partial charge in [0.2, 0.25) is 0 Å². The van der Waals surface area contributed by atoms with Gasteiger partial charge in [-0.2, -0.15) is 0 Å². The molecule has 2 aromatic rings. The van der Waals surface area contributed by atoms with E-state index in [0.29, 0.717) is 35.2 Å². The number of nitrogens with zero attached hydrogens (tertiary/aromatic N) is 2. The first kappa shape index (κ1) is 23.1. The second-order valence-corrected chi connectivity index (χ2v) is 7.55. The molecule has 1 aliphatic rings. The Morgan fingerprint density at radius 3 is 3.06 bits per heavy atom. The van der Waals surface area contributed by atoms with Crippen LogP contribution in [0.4, 0.5) is 10.1 Å². The number of nitrogens with one attached hydrogen (secondary N) is 2. The van der Waals surface area contributed by atoms with E-state index in [1.54, 1.807) is 25.5 Å². The Kier molecular flexibility index (Phi) is 8.75. The first-order valence-electron chi connectivity index (χ1n) is 10.2. The van der Waals surface area contributed by atoms with Crippen molar-refractivity contribution < 1.29 is 18.7 Å². The van der Waals surface area contributed by atoms with E-state index in [2.05, 4.69) is 20.6 Å². The first-order valence-corrected chi connectivity index (χ1v) is 10.5. The topological polar surface area (TPSA) is 84.8 Å². The van der Waals surface area contributed by atoms with Crippen LogP contribution in [0, 0.1) is 11.7 Å². The molecule has 3 rings (SSSR count). The summed E-state index contributed by atoms with van der Waals surface area (Å²) in [5, 5.41) is 6.01. The molecular weight excluding hydrogens is 423 g/mol. The summed E-state index contributed by atoms with van der Waals surface area (Å²) >= 11 is 5.76. The van der Waals surface area contributed by atoms with Gasteiger partial charge in [-0.05, 0) is 37.0 Å². The molecule has 166 valence electrons. The largest absolute Gasteiger partial charge is 0.488 e. The van der Waals surface area contributed by atoms with Gasteiger partial charge in [-0.3, -0.25) is 14.8 Å². The minimum atomic E-state index is -0.509. The third kappa shape index (κ3) is 6.72. The van der Waals surface area contributed by atoms with Crippen molar-refractivity contribution in [3.05, 3.63) is 52.6 Å². The van der Waals surface area contributed by atoms with Crippen LogP contribution in [-0.4, -0.2) is 50.5 Å². The normalized spacial score (nSPS) is 16.4. The number of amides is 1. The maximum Gasteiger partial charge on any atom is 0.253 e.